The normalized spacial score (nSPS) is 10.5. The number of nitrogens with zero attached hydrogens (tertiary/aromatic N) is 1. The summed E-state index contributed by atoms with van der Waals surface area (Å²) >= 11 is 0. The Morgan fingerprint density at radius 3 is 2.09 bits per heavy atom. The fourth-order valence-corrected chi connectivity index (χ4v) is 2.01. The highest BCUT2D eigenvalue weighted by atomic mass is 16.3. The van der Waals surface area contributed by atoms with E-state index in [2.05, 4.69) is 29.4 Å². The maximum absolute atomic E-state index is 11.6. The third-order valence-corrected chi connectivity index (χ3v) is 3.45. The fourth-order valence-electron chi connectivity index (χ4n) is 2.01. The lowest BCUT2D eigenvalue weighted by Gasteiger charge is -2.17. The topological polar surface area (TPSA) is 81.7 Å². The number of amides is 2. The van der Waals surface area contributed by atoms with E-state index < -0.39 is 11.8 Å². The highest BCUT2D eigenvalue weighted by Gasteiger charge is 2.12. The predicted octanol–water partition coefficient (Wildman–Crippen LogP) is 0.509. The molecule has 0 radical (unpaired) electrons. The van der Waals surface area contributed by atoms with Gasteiger partial charge in [0, 0.05) is 19.6 Å². The first-order chi connectivity index (χ1) is 10.6. The van der Waals surface area contributed by atoms with Gasteiger partial charge in [0.1, 0.15) is 5.75 Å². The van der Waals surface area contributed by atoms with E-state index in [1.54, 1.807) is 24.3 Å². The van der Waals surface area contributed by atoms with Crippen molar-refractivity contribution in [1.29, 1.82) is 0 Å². The first kappa shape index (κ1) is 18.0. The van der Waals surface area contributed by atoms with Crippen molar-refractivity contribution in [2.75, 3.05) is 32.7 Å². The zero-order valence-corrected chi connectivity index (χ0v) is 13.3. The molecule has 0 aliphatic carbocycles. The van der Waals surface area contributed by atoms with Crippen LogP contribution in [0.15, 0.2) is 24.3 Å². The van der Waals surface area contributed by atoms with Gasteiger partial charge in [0.05, 0.1) is 0 Å². The zero-order chi connectivity index (χ0) is 16.4. The molecule has 0 saturated carbocycles. The van der Waals surface area contributed by atoms with Gasteiger partial charge in [-0.05, 0) is 37.2 Å². The number of carbonyl (C=O) groups excluding carboxylic acids is 2. The number of hydrogen-bond acceptors (Lipinski definition) is 4. The largest absolute Gasteiger partial charge is 0.508 e. The Hall–Kier alpha value is -2.08. The summed E-state index contributed by atoms with van der Waals surface area (Å²) in [6, 6.07) is 6.76. The number of hydrogen-bond donors (Lipinski definition) is 3. The summed E-state index contributed by atoms with van der Waals surface area (Å²) in [4.78, 5) is 25.4. The van der Waals surface area contributed by atoms with Crippen molar-refractivity contribution in [1.82, 2.24) is 15.5 Å². The molecule has 1 aromatic rings. The fraction of sp³-hybridized carbons (Fsp3) is 0.500. The van der Waals surface area contributed by atoms with Crippen molar-refractivity contribution in [2.24, 2.45) is 0 Å². The molecular weight excluding hydrogens is 282 g/mol. The Labute approximate surface area is 131 Å². The van der Waals surface area contributed by atoms with Crippen LogP contribution in [0, 0.1) is 0 Å². The Kier molecular flexibility index (Phi) is 7.99. The molecule has 3 N–H and O–H groups in total. The summed E-state index contributed by atoms with van der Waals surface area (Å²) in [7, 11) is 0. The van der Waals surface area contributed by atoms with E-state index in [1.807, 2.05) is 0 Å². The van der Waals surface area contributed by atoms with Gasteiger partial charge in [-0.15, -0.1) is 0 Å². The summed E-state index contributed by atoms with van der Waals surface area (Å²) in [5.74, 6) is -1.00. The molecule has 0 aliphatic heterocycles. The smallest absolute Gasteiger partial charge is 0.309 e. The van der Waals surface area contributed by atoms with Gasteiger partial charge in [-0.3, -0.25) is 9.59 Å². The van der Waals surface area contributed by atoms with Crippen LogP contribution < -0.4 is 10.6 Å². The molecule has 0 bridgehead atoms. The SMILES string of the molecule is CCN(CC)CCNC(=O)C(=O)NCCc1ccc(O)cc1. The van der Waals surface area contributed by atoms with E-state index in [0.717, 1.165) is 25.2 Å². The Bertz CT molecular complexity index is 470. The summed E-state index contributed by atoms with van der Waals surface area (Å²) in [5, 5.41) is 14.4. The lowest BCUT2D eigenvalue weighted by molar-refractivity contribution is -0.139. The molecule has 0 unspecified atom stereocenters. The van der Waals surface area contributed by atoms with Gasteiger partial charge in [-0.1, -0.05) is 26.0 Å². The van der Waals surface area contributed by atoms with Gasteiger partial charge < -0.3 is 20.6 Å². The summed E-state index contributed by atoms with van der Waals surface area (Å²) in [5.41, 5.74) is 0.986. The van der Waals surface area contributed by atoms with Crippen LogP contribution in [0.4, 0.5) is 0 Å². The second-order valence-electron chi connectivity index (χ2n) is 4.96. The van der Waals surface area contributed by atoms with Gasteiger partial charge >= 0.3 is 11.8 Å². The molecule has 1 rings (SSSR count). The number of benzene rings is 1. The van der Waals surface area contributed by atoms with Crippen LogP contribution in [0.25, 0.3) is 0 Å². The molecule has 0 saturated heterocycles. The van der Waals surface area contributed by atoms with E-state index in [9.17, 15) is 14.7 Å². The molecule has 122 valence electrons. The molecule has 0 heterocycles. The van der Waals surface area contributed by atoms with Crippen LogP contribution in [0.3, 0.4) is 0 Å². The van der Waals surface area contributed by atoms with Gasteiger partial charge in [0.2, 0.25) is 0 Å². The van der Waals surface area contributed by atoms with Crippen molar-refractivity contribution in [3.8, 4) is 5.75 Å². The van der Waals surface area contributed by atoms with Gasteiger partial charge in [0.25, 0.3) is 0 Å². The maximum atomic E-state index is 11.6. The average molecular weight is 307 g/mol. The molecule has 0 atom stereocenters. The number of carbonyl (C=O) groups is 2. The number of rotatable bonds is 8. The highest BCUT2D eigenvalue weighted by Crippen LogP contribution is 2.09. The zero-order valence-electron chi connectivity index (χ0n) is 13.3. The lowest BCUT2D eigenvalue weighted by Crippen LogP contribution is -2.43. The number of nitrogens with one attached hydrogen (secondary N) is 2. The van der Waals surface area contributed by atoms with Crippen molar-refractivity contribution in [2.45, 2.75) is 20.3 Å². The molecule has 6 heteroatoms. The van der Waals surface area contributed by atoms with Crippen molar-refractivity contribution >= 4 is 11.8 Å². The predicted molar refractivity (Wildman–Crippen MR) is 85.6 cm³/mol. The van der Waals surface area contributed by atoms with Crippen LogP contribution in [-0.2, 0) is 16.0 Å². The number of aromatic hydroxyl groups is 1. The van der Waals surface area contributed by atoms with Crippen LogP contribution in [0.2, 0.25) is 0 Å². The van der Waals surface area contributed by atoms with Gasteiger partial charge in [-0.25, -0.2) is 0 Å². The molecule has 22 heavy (non-hydrogen) atoms. The third-order valence-electron chi connectivity index (χ3n) is 3.45. The second kappa shape index (κ2) is 9.78. The molecule has 0 spiro atoms. The molecule has 0 fully saturated rings. The molecule has 6 nitrogen and oxygen atoms in total. The Morgan fingerprint density at radius 2 is 1.55 bits per heavy atom. The minimum atomic E-state index is -0.613. The summed E-state index contributed by atoms with van der Waals surface area (Å²) in [6.07, 6.45) is 0.610. The molecule has 0 aromatic heterocycles. The maximum Gasteiger partial charge on any atom is 0.309 e. The minimum Gasteiger partial charge on any atom is -0.508 e. The quantitative estimate of drug-likeness (QED) is 0.611. The van der Waals surface area contributed by atoms with E-state index in [4.69, 9.17) is 0 Å². The van der Waals surface area contributed by atoms with Crippen molar-refractivity contribution in [3.63, 3.8) is 0 Å². The first-order valence-electron chi connectivity index (χ1n) is 7.63. The van der Waals surface area contributed by atoms with Crippen LogP contribution in [-0.4, -0.2) is 54.5 Å². The summed E-state index contributed by atoms with van der Waals surface area (Å²) < 4.78 is 0. The molecule has 2 amide bonds. The van der Waals surface area contributed by atoms with Crippen LogP contribution in [0.1, 0.15) is 19.4 Å². The van der Waals surface area contributed by atoms with Crippen molar-refractivity contribution < 1.29 is 14.7 Å². The average Bonchev–Trinajstić information content (AvgIpc) is 2.53. The standard InChI is InChI=1S/C16H25N3O3/c1-3-19(4-2)12-11-18-16(22)15(21)17-10-9-13-5-7-14(20)8-6-13/h5-8,20H,3-4,9-12H2,1-2H3,(H,17,21)(H,18,22). The van der Waals surface area contributed by atoms with Crippen LogP contribution in [0.5, 0.6) is 5.75 Å². The monoisotopic (exact) mass is 307 g/mol. The number of phenolic OH excluding ortho intramolecular Hbond substituents is 1. The lowest BCUT2D eigenvalue weighted by atomic mass is 10.1. The summed E-state index contributed by atoms with van der Waals surface area (Å²) in [6.45, 7) is 7.54. The van der Waals surface area contributed by atoms with E-state index in [1.165, 1.54) is 0 Å². The second-order valence-corrected chi connectivity index (χ2v) is 4.96. The molecule has 1 aromatic carbocycles. The van der Waals surface area contributed by atoms with E-state index in [-0.39, 0.29) is 5.75 Å². The van der Waals surface area contributed by atoms with E-state index in [0.29, 0.717) is 19.5 Å². The Balaban J connectivity index is 2.21. The minimum absolute atomic E-state index is 0.209. The molecule has 0 aliphatic rings. The first-order valence-corrected chi connectivity index (χ1v) is 7.63. The third kappa shape index (κ3) is 6.58. The van der Waals surface area contributed by atoms with Gasteiger partial charge in [0.15, 0.2) is 0 Å². The number of phenols is 1. The Morgan fingerprint density at radius 1 is 1.00 bits per heavy atom. The highest BCUT2D eigenvalue weighted by molar-refractivity contribution is 6.35. The number of likely N-dealkylation sites (N-methyl/N-ethyl adjacent to an activating group) is 1. The van der Waals surface area contributed by atoms with Gasteiger partial charge in [-0.2, -0.15) is 0 Å². The van der Waals surface area contributed by atoms with Crippen molar-refractivity contribution in [3.05, 3.63) is 29.8 Å². The van der Waals surface area contributed by atoms with E-state index >= 15 is 0 Å². The van der Waals surface area contributed by atoms with Crippen LogP contribution >= 0.6 is 0 Å². The molecular formula is C16H25N3O3.